The standard InChI is InChI=1S/C34H47F2N3O3/c1-22-27(30(31(40)41)42-32(2,3)4)29(39-18-12-33(5,6)13-19-39)28(23-8-9-24(35)25(36)20-23)26(37-22)21-38-16-14-34(15-17-38)10-7-11-34/h8-9,20,30H,7,10-19,21H2,1-6H3,(H,40,41)/t30-/m0/s1. The van der Waals surface area contributed by atoms with Crippen LogP contribution >= 0.6 is 0 Å². The number of nitrogens with zero attached hydrogens (tertiary/aromatic N) is 3. The van der Waals surface area contributed by atoms with Crippen molar-refractivity contribution < 1.29 is 23.4 Å². The molecule has 1 aromatic heterocycles. The molecule has 6 nitrogen and oxygen atoms in total. The molecule has 1 aromatic carbocycles. The summed E-state index contributed by atoms with van der Waals surface area (Å²) >= 11 is 0. The van der Waals surface area contributed by atoms with E-state index in [0.29, 0.717) is 47.4 Å². The Morgan fingerprint density at radius 3 is 2.19 bits per heavy atom. The minimum atomic E-state index is -1.27. The van der Waals surface area contributed by atoms with Gasteiger partial charge in [-0.2, -0.15) is 0 Å². The van der Waals surface area contributed by atoms with E-state index in [2.05, 4.69) is 23.6 Å². The first kappa shape index (κ1) is 30.9. The predicted molar refractivity (Wildman–Crippen MR) is 162 cm³/mol. The fourth-order valence-corrected chi connectivity index (χ4v) is 6.97. The number of hydrogen-bond acceptors (Lipinski definition) is 5. The van der Waals surface area contributed by atoms with Crippen LogP contribution in [0, 0.1) is 29.4 Å². The van der Waals surface area contributed by atoms with Crippen LogP contribution in [0.3, 0.4) is 0 Å². The molecular weight excluding hydrogens is 536 g/mol. The van der Waals surface area contributed by atoms with E-state index in [-0.39, 0.29) is 5.41 Å². The maximum absolute atomic E-state index is 14.8. The predicted octanol–water partition coefficient (Wildman–Crippen LogP) is 7.67. The Labute approximate surface area is 249 Å². The number of rotatable bonds is 7. The normalized spacial score (nSPS) is 21.3. The highest BCUT2D eigenvalue weighted by atomic mass is 19.2. The molecule has 5 rings (SSSR count). The first-order chi connectivity index (χ1) is 19.7. The molecule has 1 saturated carbocycles. The van der Waals surface area contributed by atoms with E-state index in [0.717, 1.165) is 43.4 Å². The summed E-state index contributed by atoms with van der Waals surface area (Å²) in [6, 6.07) is 3.97. The number of likely N-dealkylation sites (tertiary alicyclic amines) is 1. The van der Waals surface area contributed by atoms with E-state index in [1.165, 1.54) is 38.2 Å². The summed E-state index contributed by atoms with van der Waals surface area (Å²) < 4.78 is 35.2. The summed E-state index contributed by atoms with van der Waals surface area (Å²) in [7, 11) is 0. The van der Waals surface area contributed by atoms with Crippen molar-refractivity contribution in [1.29, 1.82) is 0 Å². The number of carbonyl (C=O) groups is 1. The maximum Gasteiger partial charge on any atom is 0.337 e. The zero-order valence-electron chi connectivity index (χ0n) is 26.2. The van der Waals surface area contributed by atoms with Crippen LogP contribution in [0.1, 0.15) is 103 Å². The van der Waals surface area contributed by atoms with E-state index in [9.17, 15) is 18.7 Å². The van der Waals surface area contributed by atoms with Crippen molar-refractivity contribution in [3.63, 3.8) is 0 Å². The van der Waals surface area contributed by atoms with Crippen molar-refractivity contribution in [2.45, 2.75) is 105 Å². The Morgan fingerprint density at radius 1 is 1.02 bits per heavy atom. The lowest BCUT2D eigenvalue weighted by Gasteiger charge is -2.48. The van der Waals surface area contributed by atoms with Crippen molar-refractivity contribution in [2.24, 2.45) is 10.8 Å². The van der Waals surface area contributed by atoms with E-state index >= 15 is 0 Å². The fraction of sp³-hybridized carbons (Fsp3) is 0.647. The van der Waals surface area contributed by atoms with E-state index in [1.807, 2.05) is 27.7 Å². The van der Waals surface area contributed by atoms with Crippen LogP contribution in [0.4, 0.5) is 14.5 Å². The Bertz CT molecular complexity index is 1310. The molecule has 3 heterocycles. The molecule has 0 bridgehead atoms. The number of ether oxygens (including phenoxy) is 1. The number of carboxylic acid groups (broad SMARTS) is 1. The molecular formula is C34H47F2N3O3. The molecule has 230 valence electrons. The molecule has 8 heteroatoms. The number of halogens is 2. The van der Waals surface area contributed by atoms with E-state index < -0.39 is 29.3 Å². The smallest absolute Gasteiger partial charge is 0.337 e. The highest BCUT2D eigenvalue weighted by Gasteiger charge is 2.41. The molecule has 2 aliphatic heterocycles. The van der Waals surface area contributed by atoms with Crippen LogP contribution in [0.2, 0.25) is 0 Å². The van der Waals surface area contributed by atoms with Crippen LogP contribution in [0.25, 0.3) is 11.1 Å². The Morgan fingerprint density at radius 2 is 1.67 bits per heavy atom. The third-order valence-electron chi connectivity index (χ3n) is 9.78. The number of anilines is 1. The van der Waals surface area contributed by atoms with Gasteiger partial charge in [0, 0.05) is 36.5 Å². The topological polar surface area (TPSA) is 65.9 Å². The molecule has 2 saturated heterocycles. The molecule has 1 spiro atoms. The highest BCUT2D eigenvalue weighted by molar-refractivity contribution is 5.88. The summed E-state index contributed by atoms with van der Waals surface area (Å²) in [6.45, 7) is 15.8. The Hall–Kier alpha value is -2.58. The minimum Gasteiger partial charge on any atom is -0.479 e. The van der Waals surface area contributed by atoms with Crippen LogP contribution in [-0.2, 0) is 16.1 Å². The van der Waals surface area contributed by atoms with Gasteiger partial charge in [-0.25, -0.2) is 13.6 Å². The molecule has 0 amide bonds. The lowest BCUT2D eigenvalue weighted by molar-refractivity contribution is -0.160. The van der Waals surface area contributed by atoms with Gasteiger partial charge >= 0.3 is 5.97 Å². The van der Waals surface area contributed by atoms with Gasteiger partial charge in [-0.15, -0.1) is 0 Å². The number of benzene rings is 1. The minimum absolute atomic E-state index is 0.156. The van der Waals surface area contributed by atoms with Gasteiger partial charge in [0.15, 0.2) is 17.7 Å². The van der Waals surface area contributed by atoms with Gasteiger partial charge in [-0.1, -0.05) is 26.3 Å². The third-order valence-corrected chi connectivity index (χ3v) is 9.78. The largest absolute Gasteiger partial charge is 0.479 e. The van der Waals surface area contributed by atoms with Crippen molar-refractivity contribution in [1.82, 2.24) is 9.88 Å². The molecule has 1 aliphatic carbocycles. The average Bonchev–Trinajstić information content (AvgIpc) is 2.88. The van der Waals surface area contributed by atoms with Crippen LogP contribution in [0.15, 0.2) is 18.2 Å². The zero-order chi connectivity index (χ0) is 30.4. The van der Waals surface area contributed by atoms with E-state index in [4.69, 9.17) is 9.72 Å². The van der Waals surface area contributed by atoms with Gasteiger partial charge in [0.2, 0.25) is 0 Å². The summed E-state index contributed by atoms with van der Waals surface area (Å²) in [4.78, 5) is 22.5. The molecule has 0 unspecified atom stereocenters. The van der Waals surface area contributed by atoms with Crippen molar-refractivity contribution in [3.8, 4) is 11.1 Å². The summed E-state index contributed by atoms with van der Waals surface area (Å²) in [5.41, 5.74) is 3.69. The molecule has 1 N–H and O–H groups in total. The number of hydrogen-bond donors (Lipinski definition) is 1. The SMILES string of the molecule is Cc1nc(CN2CCC3(CCC3)CC2)c(-c2ccc(F)c(F)c2)c(N2CCC(C)(C)CC2)c1[C@H](OC(C)(C)C)C(=O)O. The number of aliphatic carboxylic acids is 1. The summed E-state index contributed by atoms with van der Waals surface area (Å²) in [6.07, 6.45) is 6.85. The second-order valence-electron chi connectivity index (χ2n) is 14.6. The molecule has 1 atom stereocenters. The van der Waals surface area contributed by atoms with Gasteiger partial charge in [-0.05, 0) is 108 Å². The van der Waals surface area contributed by atoms with Gasteiger partial charge < -0.3 is 14.7 Å². The molecule has 3 fully saturated rings. The van der Waals surface area contributed by atoms with Crippen LogP contribution in [0.5, 0.6) is 0 Å². The third kappa shape index (κ3) is 6.49. The molecule has 2 aromatic rings. The first-order valence-electron chi connectivity index (χ1n) is 15.5. The maximum atomic E-state index is 14.8. The lowest BCUT2D eigenvalue weighted by Crippen LogP contribution is -2.43. The second-order valence-corrected chi connectivity index (χ2v) is 14.6. The summed E-state index contributed by atoms with van der Waals surface area (Å²) in [5.74, 6) is -2.95. The number of pyridine rings is 1. The number of aryl methyl sites for hydroxylation is 1. The Kier molecular flexibility index (Phi) is 8.45. The van der Waals surface area contributed by atoms with Crippen molar-refractivity contribution in [3.05, 3.63) is 46.8 Å². The van der Waals surface area contributed by atoms with Crippen LogP contribution in [-0.4, -0.2) is 52.7 Å². The highest BCUT2D eigenvalue weighted by Crippen LogP contribution is 2.50. The number of aromatic nitrogens is 1. The van der Waals surface area contributed by atoms with Gasteiger partial charge in [-0.3, -0.25) is 9.88 Å². The van der Waals surface area contributed by atoms with Crippen molar-refractivity contribution in [2.75, 3.05) is 31.1 Å². The molecule has 3 aliphatic rings. The monoisotopic (exact) mass is 583 g/mol. The van der Waals surface area contributed by atoms with Gasteiger partial charge in [0.05, 0.1) is 17.0 Å². The van der Waals surface area contributed by atoms with Crippen molar-refractivity contribution >= 4 is 11.7 Å². The fourth-order valence-electron chi connectivity index (χ4n) is 6.97. The van der Waals surface area contributed by atoms with Gasteiger partial charge in [0.25, 0.3) is 0 Å². The Balaban J connectivity index is 1.69. The van der Waals surface area contributed by atoms with E-state index in [1.54, 1.807) is 6.07 Å². The number of piperidine rings is 2. The first-order valence-corrected chi connectivity index (χ1v) is 15.5. The average molecular weight is 584 g/mol. The lowest BCUT2D eigenvalue weighted by atomic mass is 9.63. The number of carboxylic acids is 1. The molecule has 42 heavy (non-hydrogen) atoms. The molecule has 0 radical (unpaired) electrons. The zero-order valence-corrected chi connectivity index (χ0v) is 26.2. The van der Waals surface area contributed by atoms with Gasteiger partial charge in [0.1, 0.15) is 0 Å². The second kappa shape index (κ2) is 11.5. The summed E-state index contributed by atoms with van der Waals surface area (Å²) in [5, 5.41) is 10.5. The quantitative estimate of drug-likeness (QED) is 0.361. The van der Waals surface area contributed by atoms with Crippen LogP contribution < -0.4 is 4.90 Å².